The number of carbonyl (C=O) groups is 1. The van der Waals surface area contributed by atoms with E-state index in [0.717, 1.165) is 17.8 Å². The molecule has 0 unspecified atom stereocenters. The topological polar surface area (TPSA) is 46.9 Å². The van der Waals surface area contributed by atoms with Gasteiger partial charge in [-0.2, -0.15) is 18.3 Å². The summed E-state index contributed by atoms with van der Waals surface area (Å²) in [5.41, 5.74) is 0.544. The van der Waals surface area contributed by atoms with Crippen molar-refractivity contribution in [1.29, 1.82) is 0 Å². The predicted octanol–water partition coefficient (Wildman–Crippen LogP) is 3.00. The number of aryl methyl sites for hydroxylation is 2. The first-order valence-corrected chi connectivity index (χ1v) is 5.76. The molecule has 0 atom stereocenters. The van der Waals surface area contributed by atoms with Gasteiger partial charge in [-0.25, -0.2) is 0 Å². The maximum Gasteiger partial charge on any atom is 0.416 e. The van der Waals surface area contributed by atoms with Crippen LogP contribution in [0.3, 0.4) is 0 Å². The number of benzene rings is 1. The quantitative estimate of drug-likeness (QED) is 0.921. The highest BCUT2D eigenvalue weighted by molar-refractivity contribution is 6.02. The Labute approximate surface area is 113 Å². The Morgan fingerprint density at radius 3 is 2.30 bits per heavy atom. The fraction of sp³-hybridized carbons (Fsp3) is 0.231. The smallest absolute Gasteiger partial charge is 0.321 e. The lowest BCUT2D eigenvalue weighted by molar-refractivity contribution is -0.137. The molecule has 0 bridgehead atoms. The highest BCUT2D eigenvalue weighted by Crippen LogP contribution is 2.29. The molecule has 0 aliphatic heterocycles. The van der Waals surface area contributed by atoms with Crippen molar-refractivity contribution in [2.45, 2.75) is 13.1 Å². The van der Waals surface area contributed by atoms with Crippen molar-refractivity contribution in [1.82, 2.24) is 9.78 Å². The number of hydrogen-bond acceptors (Lipinski definition) is 2. The SMILES string of the molecule is Cc1cc(C(=O)Nc2ccc(C(F)(F)F)cc2)nn1C. The number of aromatic nitrogens is 2. The normalized spacial score (nSPS) is 11.4. The third-order valence-corrected chi connectivity index (χ3v) is 2.82. The number of carbonyl (C=O) groups excluding carboxylic acids is 1. The summed E-state index contributed by atoms with van der Waals surface area (Å²) in [6, 6.07) is 5.84. The van der Waals surface area contributed by atoms with E-state index in [4.69, 9.17) is 0 Å². The Bertz CT molecular complexity index is 610. The second-order valence-electron chi connectivity index (χ2n) is 4.32. The number of nitrogens with one attached hydrogen (secondary N) is 1. The van der Waals surface area contributed by atoms with E-state index in [0.29, 0.717) is 0 Å². The van der Waals surface area contributed by atoms with Crippen LogP contribution in [0.25, 0.3) is 0 Å². The molecule has 7 heteroatoms. The Hall–Kier alpha value is -2.31. The largest absolute Gasteiger partial charge is 0.416 e. The first-order chi connectivity index (χ1) is 9.27. The van der Waals surface area contributed by atoms with Crippen molar-refractivity contribution in [3.8, 4) is 0 Å². The highest BCUT2D eigenvalue weighted by Gasteiger charge is 2.30. The molecule has 4 nitrogen and oxygen atoms in total. The first kappa shape index (κ1) is 14.1. The number of hydrogen-bond donors (Lipinski definition) is 1. The molecule has 20 heavy (non-hydrogen) atoms. The average molecular weight is 283 g/mol. The van der Waals surface area contributed by atoms with Gasteiger partial charge in [0.2, 0.25) is 0 Å². The van der Waals surface area contributed by atoms with Crippen molar-refractivity contribution >= 4 is 11.6 Å². The molecule has 0 spiro atoms. The predicted molar refractivity (Wildman–Crippen MR) is 67.3 cm³/mol. The molecule has 1 amide bonds. The number of alkyl halides is 3. The Balaban J connectivity index is 2.12. The van der Waals surface area contributed by atoms with Gasteiger partial charge in [0.15, 0.2) is 5.69 Å². The van der Waals surface area contributed by atoms with Gasteiger partial charge < -0.3 is 5.32 Å². The number of halogens is 3. The molecule has 0 saturated carbocycles. The summed E-state index contributed by atoms with van der Waals surface area (Å²) in [6.45, 7) is 1.79. The third-order valence-electron chi connectivity index (χ3n) is 2.82. The van der Waals surface area contributed by atoms with Crippen LogP contribution in [-0.2, 0) is 13.2 Å². The standard InChI is InChI=1S/C13H12F3N3O/c1-8-7-11(18-19(8)2)12(20)17-10-5-3-9(4-6-10)13(14,15)16/h3-7H,1-2H3,(H,17,20). The van der Waals surface area contributed by atoms with Crippen LogP contribution in [0.5, 0.6) is 0 Å². The van der Waals surface area contributed by atoms with Gasteiger partial charge in [0, 0.05) is 18.4 Å². The Morgan fingerprint density at radius 1 is 1.25 bits per heavy atom. The van der Waals surface area contributed by atoms with Crippen LogP contribution in [0.2, 0.25) is 0 Å². The van der Waals surface area contributed by atoms with Crippen LogP contribution in [0.1, 0.15) is 21.7 Å². The zero-order valence-electron chi connectivity index (χ0n) is 10.8. The van der Waals surface area contributed by atoms with Crippen molar-refractivity contribution in [2.24, 2.45) is 7.05 Å². The third kappa shape index (κ3) is 2.98. The molecule has 1 heterocycles. The molecule has 1 N–H and O–H groups in total. The number of amides is 1. The highest BCUT2D eigenvalue weighted by atomic mass is 19.4. The minimum Gasteiger partial charge on any atom is -0.321 e. The molecule has 2 aromatic rings. The minimum absolute atomic E-state index is 0.213. The Kier molecular flexibility index (Phi) is 3.52. The van der Waals surface area contributed by atoms with Gasteiger partial charge in [-0.1, -0.05) is 0 Å². The second kappa shape index (κ2) is 4.99. The van der Waals surface area contributed by atoms with Crippen LogP contribution < -0.4 is 5.32 Å². The molecule has 2 rings (SSSR count). The van der Waals surface area contributed by atoms with Gasteiger partial charge >= 0.3 is 6.18 Å². The van der Waals surface area contributed by atoms with Crippen molar-refractivity contribution in [2.75, 3.05) is 5.32 Å². The lowest BCUT2D eigenvalue weighted by Crippen LogP contribution is -2.13. The summed E-state index contributed by atoms with van der Waals surface area (Å²) in [5.74, 6) is -0.464. The van der Waals surface area contributed by atoms with Crippen LogP contribution >= 0.6 is 0 Å². The molecule has 1 aromatic heterocycles. The summed E-state index contributed by atoms with van der Waals surface area (Å²) < 4.78 is 38.7. The minimum atomic E-state index is -4.39. The summed E-state index contributed by atoms with van der Waals surface area (Å²) in [7, 11) is 1.70. The van der Waals surface area contributed by atoms with Crippen LogP contribution in [0.15, 0.2) is 30.3 Å². The number of nitrogens with zero attached hydrogens (tertiary/aromatic N) is 2. The first-order valence-electron chi connectivity index (χ1n) is 5.76. The van der Waals surface area contributed by atoms with Gasteiger partial charge in [0.25, 0.3) is 5.91 Å². The van der Waals surface area contributed by atoms with E-state index in [-0.39, 0.29) is 11.4 Å². The Morgan fingerprint density at radius 2 is 1.85 bits per heavy atom. The maximum atomic E-state index is 12.4. The lowest BCUT2D eigenvalue weighted by Gasteiger charge is -2.08. The van der Waals surface area contributed by atoms with E-state index >= 15 is 0 Å². The fourth-order valence-corrected chi connectivity index (χ4v) is 1.61. The van der Waals surface area contributed by atoms with E-state index in [1.807, 2.05) is 0 Å². The van der Waals surface area contributed by atoms with E-state index < -0.39 is 17.6 Å². The molecular weight excluding hydrogens is 271 g/mol. The van der Waals surface area contributed by atoms with Gasteiger partial charge in [-0.05, 0) is 37.3 Å². The number of anilines is 1. The molecule has 1 aromatic carbocycles. The van der Waals surface area contributed by atoms with E-state index in [2.05, 4.69) is 10.4 Å². The zero-order valence-corrected chi connectivity index (χ0v) is 10.8. The molecule has 0 aliphatic carbocycles. The van der Waals surface area contributed by atoms with Gasteiger partial charge in [-0.3, -0.25) is 9.48 Å². The second-order valence-corrected chi connectivity index (χ2v) is 4.32. The van der Waals surface area contributed by atoms with Crippen molar-refractivity contribution in [3.63, 3.8) is 0 Å². The maximum absolute atomic E-state index is 12.4. The monoisotopic (exact) mass is 283 g/mol. The van der Waals surface area contributed by atoms with Crippen LogP contribution in [0, 0.1) is 6.92 Å². The fourth-order valence-electron chi connectivity index (χ4n) is 1.61. The lowest BCUT2D eigenvalue weighted by atomic mass is 10.2. The summed E-state index contributed by atoms with van der Waals surface area (Å²) in [6.07, 6.45) is -4.39. The van der Waals surface area contributed by atoms with E-state index in [1.165, 1.54) is 12.1 Å². The van der Waals surface area contributed by atoms with Crippen LogP contribution in [0.4, 0.5) is 18.9 Å². The van der Waals surface area contributed by atoms with Crippen molar-refractivity contribution < 1.29 is 18.0 Å². The summed E-state index contributed by atoms with van der Waals surface area (Å²) >= 11 is 0. The zero-order chi connectivity index (χ0) is 14.9. The van der Waals surface area contributed by atoms with Gasteiger partial charge in [0.05, 0.1) is 5.56 Å². The average Bonchev–Trinajstić information content (AvgIpc) is 2.69. The molecule has 106 valence electrons. The van der Waals surface area contributed by atoms with E-state index in [9.17, 15) is 18.0 Å². The molecule has 0 aliphatic rings. The number of rotatable bonds is 2. The van der Waals surface area contributed by atoms with Crippen LogP contribution in [-0.4, -0.2) is 15.7 Å². The molecule has 0 radical (unpaired) electrons. The molecular formula is C13H12F3N3O. The molecule has 0 saturated heterocycles. The van der Waals surface area contributed by atoms with Gasteiger partial charge in [0.1, 0.15) is 0 Å². The van der Waals surface area contributed by atoms with Crippen molar-refractivity contribution in [3.05, 3.63) is 47.3 Å². The molecule has 0 fully saturated rings. The van der Waals surface area contributed by atoms with Gasteiger partial charge in [-0.15, -0.1) is 0 Å². The summed E-state index contributed by atoms with van der Waals surface area (Å²) in [5, 5.41) is 6.48. The van der Waals surface area contributed by atoms with E-state index in [1.54, 1.807) is 24.7 Å². The summed E-state index contributed by atoms with van der Waals surface area (Å²) in [4.78, 5) is 11.9.